The zero-order valence-electron chi connectivity index (χ0n) is 12.6. The molecule has 116 valence electrons. The molecule has 1 aromatic rings. The average molecular weight is 296 g/mol. The van der Waals surface area contributed by atoms with Gasteiger partial charge in [0, 0.05) is 13.1 Å². The van der Waals surface area contributed by atoms with Crippen LogP contribution in [0.5, 0.6) is 0 Å². The first-order valence-corrected chi connectivity index (χ1v) is 7.49. The molecule has 0 aromatic heterocycles. The van der Waals surface area contributed by atoms with E-state index in [1.54, 1.807) is 4.90 Å². The Kier molecular flexibility index (Phi) is 5.28. The van der Waals surface area contributed by atoms with E-state index in [1.807, 2.05) is 0 Å². The fourth-order valence-corrected chi connectivity index (χ4v) is 2.70. The minimum absolute atomic E-state index is 0.293. The van der Waals surface area contributed by atoms with Crippen molar-refractivity contribution in [1.29, 1.82) is 0 Å². The number of aryl methyl sites for hydroxylation is 1. The molecule has 0 radical (unpaired) electrons. The summed E-state index contributed by atoms with van der Waals surface area (Å²) in [6, 6.07) is 2.51. The second-order valence-electron chi connectivity index (χ2n) is 5.60. The maximum atomic E-state index is 14.0. The zero-order valence-corrected chi connectivity index (χ0v) is 12.6. The van der Waals surface area contributed by atoms with Crippen LogP contribution in [0.15, 0.2) is 12.1 Å². The molecule has 1 aliphatic rings. The van der Waals surface area contributed by atoms with E-state index in [-0.39, 0.29) is 0 Å². The van der Waals surface area contributed by atoms with Crippen LogP contribution in [-0.4, -0.2) is 37.0 Å². The molecule has 1 saturated heterocycles. The van der Waals surface area contributed by atoms with Crippen molar-refractivity contribution >= 4 is 5.91 Å². The highest BCUT2D eigenvalue weighted by atomic mass is 19.1. The predicted molar refractivity (Wildman–Crippen MR) is 78.3 cm³/mol. The molecule has 1 aliphatic heterocycles. The average Bonchev–Trinajstić information content (AvgIpc) is 2.49. The lowest BCUT2D eigenvalue weighted by Crippen LogP contribution is -2.41. The summed E-state index contributed by atoms with van der Waals surface area (Å²) in [4.78, 5) is 13.9. The van der Waals surface area contributed by atoms with Crippen LogP contribution in [0.1, 0.15) is 35.7 Å². The van der Waals surface area contributed by atoms with E-state index in [0.29, 0.717) is 24.6 Å². The molecule has 2 rings (SSSR count). The van der Waals surface area contributed by atoms with Crippen LogP contribution in [0.3, 0.4) is 0 Å². The molecule has 1 amide bonds. The summed E-state index contributed by atoms with van der Waals surface area (Å²) in [5.74, 6) is -1.52. The normalized spacial score (nSPS) is 16.3. The van der Waals surface area contributed by atoms with Crippen LogP contribution >= 0.6 is 0 Å². The van der Waals surface area contributed by atoms with Gasteiger partial charge in [0.1, 0.15) is 17.2 Å². The summed E-state index contributed by atoms with van der Waals surface area (Å²) in [5, 5.41) is 3.30. The summed E-state index contributed by atoms with van der Waals surface area (Å²) >= 11 is 0. The fourth-order valence-electron chi connectivity index (χ4n) is 2.70. The molecule has 1 N–H and O–H groups in total. The van der Waals surface area contributed by atoms with E-state index >= 15 is 0 Å². The molecule has 0 saturated carbocycles. The van der Waals surface area contributed by atoms with Crippen LogP contribution in [-0.2, 0) is 0 Å². The Morgan fingerprint density at radius 2 is 2.00 bits per heavy atom. The van der Waals surface area contributed by atoms with Crippen LogP contribution in [0.2, 0.25) is 0 Å². The third-order valence-corrected chi connectivity index (χ3v) is 4.08. The highest BCUT2D eigenvalue weighted by Crippen LogP contribution is 2.22. The Morgan fingerprint density at radius 1 is 1.33 bits per heavy atom. The Morgan fingerprint density at radius 3 is 2.62 bits per heavy atom. The lowest BCUT2D eigenvalue weighted by Gasteiger charge is -2.32. The number of piperidine rings is 1. The van der Waals surface area contributed by atoms with Gasteiger partial charge < -0.3 is 10.2 Å². The Balaban J connectivity index is 2.04. The van der Waals surface area contributed by atoms with Gasteiger partial charge >= 0.3 is 0 Å². The van der Waals surface area contributed by atoms with Crippen molar-refractivity contribution in [2.24, 2.45) is 5.92 Å². The van der Waals surface area contributed by atoms with E-state index < -0.39 is 23.1 Å². The first-order valence-electron chi connectivity index (χ1n) is 7.49. The first kappa shape index (κ1) is 15.9. The maximum Gasteiger partial charge on any atom is 0.259 e. The Labute approximate surface area is 124 Å². The molecule has 1 aromatic carbocycles. The molecule has 1 heterocycles. The summed E-state index contributed by atoms with van der Waals surface area (Å²) in [6.07, 6.45) is 1.74. The summed E-state index contributed by atoms with van der Waals surface area (Å²) in [5.41, 5.74) is -0.123. The molecule has 1 fully saturated rings. The minimum atomic E-state index is -0.780. The molecule has 0 spiro atoms. The SMILES string of the molecule is CCNCC1CCN(C(=O)c2c(F)ccc(C)c2F)CC1. The Bertz CT molecular complexity index is 511. The van der Waals surface area contributed by atoms with Gasteiger partial charge in [0.05, 0.1) is 0 Å². The first-order chi connectivity index (χ1) is 10.0. The number of nitrogens with zero attached hydrogens (tertiary/aromatic N) is 1. The second-order valence-corrected chi connectivity index (χ2v) is 5.60. The van der Waals surface area contributed by atoms with E-state index in [0.717, 1.165) is 32.0 Å². The second kappa shape index (κ2) is 6.98. The van der Waals surface area contributed by atoms with Crippen molar-refractivity contribution in [3.05, 3.63) is 34.9 Å². The molecule has 0 atom stereocenters. The number of carbonyl (C=O) groups is 1. The molecule has 5 heteroatoms. The number of hydrogen-bond donors (Lipinski definition) is 1. The standard InChI is InChI=1S/C16H22F2N2O/c1-3-19-10-12-6-8-20(9-7-12)16(21)14-13(17)5-4-11(2)15(14)18/h4-5,12,19H,3,6-10H2,1-2H3. The molecule has 0 unspecified atom stereocenters. The lowest BCUT2D eigenvalue weighted by molar-refractivity contribution is 0.0680. The Hall–Kier alpha value is -1.49. The van der Waals surface area contributed by atoms with Gasteiger partial charge in [-0.25, -0.2) is 8.78 Å². The number of carbonyl (C=O) groups excluding carboxylic acids is 1. The van der Waals surface area contributed by atoms with Crippen molar-refractivity contribution in [3.8, 4) is 0 Å². The summed E-state index contributed by atoms with van der Waals surface area (Å²) < 4.78 is 27.8. The third kappa shape index (κ3) is 3.59. The molecule has 21 heavy (non-hydrogen) atoms. The largest absolute Gasteiger partial charge is 0.338 e. The van der Waals surface area contributed by atoms with Gasteiger partial charge in [0.15, 0.2) is 0 Å². The fraction of sp³-hybridized carbons (Fsp3) is 0.562. The van der Waals surface area contributed by atoms with Crippen molar-refractivity contribution < 1.29 is 13.6 Å². The lowest BCUT2D eigenvalue weighted by atomic mass is 9.96. The molecule has 3 nitrogen and oxygen atoms in total. The summed E-state index contributed by atoms with van der Waals surface area (Å²) in [6.45, 7) is 6.57. The minimum Gasteiger partial charge on any atom is -0.338 e. The van der Waals surface area contributed by atoms with Crippen LogP contribution in [0.4, 0.5) is 8.78 Å². The van der Waals surface area contributed by atoms with Crippen LogP contribution < -0.4 is 5.32 Å². The van der Waals surface area contributed by atoms with Gasteiger partial charge in [0.2, 0.25) is 0 Å². The van der Waals surface area contributed by atoms with Gasteiger partial charge in [0.25, 0.3) is 5.91 Å². The monoisotopic (exact) mass is 296 g/mol. The van der Waals surface area contributed by atoms with Gasteiger partial charge in [-0.2, -0.15) is 0 Å². The third-order valence-electron chi connectivity index (χ3n) is 4.08. The van der Waals surface area contributed by atoms with Gasteiger partial charge in [-0.05, 0) is 50.4 Å². The highest BCUT2D eigenvalue weighted by Gasteiger charge is 2.27. The van der Waals surface area contributed by atoms with Crippen molar-refractivity contribution in [3.63, 3.8) is 0 Å². The summed E-state index contributed by atoms with van der Waals surface area (Å²) in [7, 11) is 0. The number of halogens is 2. The van der Waals surface area contributed by atoms with Gasteiger partial charge in [-0.1, -0.05) is 13.0 Å². The quantitative estimate of drug-likeness (QED) is 0.926. The van der Waals surface area contributed by atoms with Gasteiger partial charge in [-0.15, -0.1) is 0 Å². The van der Waals surface area contributed by atoms with E-state index in [1.165, 1.54) is 13.0 Å². The number of amides is 1. The number of rotatable bonds is 4. The molecule has 0 bridgehead atoms. The molecule has 0 aliphatic carbocycles. The highest BCUT2D eigenvalue weighted by molar-refractivity contribution is 5.95. The van der Waals surface area contributed by atoms with Gasteiger partial charge in [-0.3, -0.25) is 4.79 Å². The van der Waals surface area contributed by atoms with Crippen molar-refractivity contribution in [2.45, 2.75) is 26.7 Å². The zero-order chi connectivity index (χ0) is 15.4. The molecular formula is C16H22F2N2O. The van der Waals surface area contributed by atoms with E-state index in [4.69, 9.17) is 0 Å². The number of benzene rings is 1. The topological polar surface area (TPSA) is 32.3 Å². The van der Waals surface area contributed by atoms with Crippen molar-refractivity contribution in [2.75, 3.05) is 26.2 Å². The maximum absolute atomic E-state index is 14.0. The van der Waals surface area contributed by atoms with Crippen LogP contribution in [0.25, 0.3) is 0 Å². The van der Waals surface area contributed by atoms with E-state index in [9.17, 15) is 13.6 Å². The van der Waals surface area contributed by atoms with Crippen molar-refractivity contribution in [1.82, 2.24) is 10.2 Å². The van der Waals surface area contributed by atoms with E-state index in [2.05, 4.69) is 12.2 Å². The predicted octanol–water partition coefficient (Wildman–Crippen LogP) is 2.73. The van der Waals surface area contributed by atoms with Crippen LogP contribution in [0, 0.1) is 24.5 Å². The molecular weight excluding hydrogens is 274 g/mol. The number of nitrogens with one attached hydrogen (secondary N) is 1. The smallest absolute Gasteiger partial charge is 0.259 e. The number of likely N-dealkylation sites (tertiary alicyclic amines) is 1. The number of hydrogen-bond acceptors (Lipinski definition) is 2.